The predicted octanol–water partition coefficient (Wildman–Crippen LogP) is 9.24. The van der Waals surface area contributed by atoms with Crippen LogP contribution in [0, 0.1) is 17.8 Å². The van der Waals surface area contributed by atoms with E-state index in [4.69, 9.17) is 0 Å². The maximum Gasteiger partial charge on any atom is 0.181 e. The van der Waals surface area contributed by atoms with Gasteiger partial charge in [-0.15, -0.1) is 0 Å². The van der Waals surface area contributed by atoms with Crippen molar-refractivity contribution >= 4 is 5.78 Å². The van der Waals surface area contributed by atoms with Crippen molar-refractivity contribution in [2.75, 3.05) is 0 Å². The molecule has 3 nitrogen and oxygen atoms in total. The van der Waals surface area contributed by atoms with E-state index in [0.29, 0.717) is 24.0 Å². The van der Waals surface area contributed by atoms with E-state index in [9.17, 15) is 4.79 Å². The standard InChI is InChI=1S/C38H42N2O/c41-37(27-32(31-25-26-31)18-14-13-17-30-15-5-1-6-16-30)36-28-39-29-40(36)38(33-19-7-2-8-20-33,34-21-9-3-10-22-34)35-23-11-4-12-24-35/h2-4,7-12,14,18-24,28-32H,1,5-6,13,15-17,25-27H2/b18-14-/t32-/m1/s1. The van der Waals surface area contributed by atoms with Crippen molar-refractivity contribution in [3.8, 4) is 0 Å². The van der Waals surface area contributed by atoms with E-state index in [0.717, 1.165) is 29.0 Å². The first-order valence-electron chi connectivity index (χ1n) is 15.7. The van der Waals surface area contributed by atoms with Crippen LogP contribution in [0.3, 0.4) is 0 Å². The first kappa shape index (κ1) is 27.4. The van der Waals surface area contributed by atoms with Crippen molar-refractivity contribution < 1.29 is 4.79 Å². The van der Waals surface area contributed by atoms with Gasteiger partial charge in [0.25, 0.3) is 0 Å². The molecule has 0 radical (unpaired) electrons. The van der Waals surface area contributed by atoms with Crippen LogP contribution in [0.15, 0.2) is 116 Å². The predicted molar refractivity (Wildman–Crippen MR) is 167 cm³/mol. The van der Waals surface area contributed by atoms with Crippen molar-refractivity contribution in [3.05, 3.63) is 138 Å². The van der Waals surface area contributed by atoms with E-state index in [1.165, 1.54) is 51.4 Å². The Labute approximate surface area is 245 Å². The summed E-state index contributed by atoms with van der Waals surface area (Å²) in [5, 5.41) is 0. The molecule has 2 aliphatic rings. The number of nitrogens with zero attached hydrogens (tertiary/aromatic N) is 2. The summed E-state index contributed by atoms with van der Waals surface area (Å²) in [5.41, 5.74) is 3.25. The number of ketones is 1. The summed E-state index contributed by atoms with van der Waals surface area (Å²) < 4.78 is 2.13. The molecule has 2 fully saturated rings. The van der Waals surface area contributed by atoms with Gasteiger partial charge in [-0.3, -0.25) is 4.79 Å². The van der Waals surface area contributed by atoms with E-state index < -0.39 is 5.54 Å². The van der Waals surface area contributed by atoms with Crippen LogP contribution in [0.2, 0.25) is 0 Å². The molecule has 0 unspecified atom stereocenters. The summed E-state index contributed by atoms with van der Waals surface area (Å²) >= 11 is 0. The monoisotopic (exact) mass is 542 g/mol. The Morgan fingerprint density at radius 2 is 1.37 bits per heavy atom. The number of benzene rings is 3. The van der Waals surface area contributed by atoms with Gasteiger partial charge in [-0.05, 0) is 60.1 Å². The first-order valence-corrected chi connectivity index (χ1v) is 15.7. The number of Topliss-reactive ketones (excluding diaryl/α,β-unsaturated/α-hetero) is 1. The van der Waals surface area contributed by atoms with Crippen molar-refractivity contribution in [1.29, 1.82) is 0 Å². The van der Waals surface area contributed by atoms with Crippen molar-refractivity contribution in [3.63, 3.8) is 0 Å². The average molecular weight is 543 g/mol. The lowest BCUT2D eigenvalue weighted by atomic mass is 9.76. The second kappa shape index (κ2) is 12.9. The zero-order chi connectivity index (χ0) is 27.9. The lowest BCUT2D eigenvalue weighted by Gasteiger charge is -2.38. The molecule has 0 N–H and O–H groups in total. The topological polar surface area (TPSA) is 34.9 Å². The lowest BCUT2D eigenvalue weighted by molar-refractivity contribution is 0.0953. The van der Waals surface area contributed by atoms with Gasteiger partial charge in [0.1, 0.15) is 11.2 Å². The van der Waals surface area contributed by atoms with Gasteiger partial charge < -0.3 is 4.57 Å². The molecular formula is C38H42N2O. The van der Waals surface area contributed by atoms with Crippen molar-refractivity contribution in [2.24, 2.45) is 17.8 Å². The number of carbonyl (C=O) groups excluding carboxylic acids is 1. The first-order chi connectivity index (χ1) is 20.3. The number of hydrogen-bond donors (Lipinski definition) is 0. The van der Waals surface area contributed by atoms with Crippen LogP contribution in [0.25, 0.3) is 0 Å². The Hall–Kier alpha value is -3.72. The van der Waals surface area contributed by atoms with E-state index in [1.807, 2.05) is 24.5 Å². The molecule has 1 aromatic heterocycles. The van der Waals surface area contributed by atoms with Gasteiger partial charge in [0.05, 0.1) is 12.5 Å². The van der Waals surface area contributed by atoms with Gasteiger partial charge >= 0.3 is 0 Å². The van der Waals surface area contributed by atoms with E-state index in [-0.39, 0.29) is 5.78 Å². The second-order valence-electron chi connectivity index (χ2n) is 12.1. The van der Waals surface area contributed by atoms with Crippen molar-refractivity contribution in [2.45, 2.75) is 69.7 Å². The third-order valence-corrected chi connectivity index (χ3v) is 9.36. The summed E-state index contributed by atoms with van der Waals surface area (Å²) in [5.74, 6) is 1.99. The van der Waals surface area contributed by atoms with Crippen LogP contribution in [0.5, 0.6) is 0 Å². The summed E-state index contributed by atoms with van der Waals surface area (Å²) in [4.78, 5) is 18.8. The molecule has 0 amide bonds. The number of imidazole rings is 1. The van der Waals surface area contributed by atoms with Crippen LogP contribution in [0.4, 0.5) is 0 Å². The van der Waals surface area contributed by atoms with Gasteiger partial charge in [-0.25, -0.2) is 4.98 Å². The largest absolute Gasteiger partial charge is 0.309 e. The fourth-order valence-electron chi connectivity index (χ4n) is 7.04. The molecule has 1 atom stereocenters. The highest BCUT2D eigenvalue weighted by molar-refractivity contribution is 5.95. The minimum atomic E-state index is -0.726. The van der Waals surface area contributed by atoms with E-state index >= 15 is 0 Å². The maximum absolute atomic E-state index is 14.2. The Balaban J connectivity index is 1.33. The molecule has 3 aromatic carbocycles. The summed E-state index contributed by atoms with van der Waals surface area (Å²) in [6, 6.07) is 31.6. The third-order valence-electron chi connectivity index (χ3n) is 9.36. The summed E-state index contributed by atoms with van der Waals surface area (Å²) in [6.45, 7) is 0. The zero-order valence-corrected chi connectivity index (χ0v) is 24.1. The minimum absolute atomic E-state index is 0.170. The Morgan fingerprint density at radius 3 is 1.90 bits per heavy atom. The molecule has 0 spiro atoms. The van der Waals surface area contributed by atoms with E-state index in [2.05, 4.69) is 94.5 Å². The van der Waals surface area contributed by atoms with Gasteiger partial charge in [0.15, 0.2) is 5.78 Å². The molecule has 0 bridgehead atoms. The van der Waals surface area contributed by atoms with Crippen LogP contribution < -0.4 is 0 Å². The van der Waals surface area contributed by atoms with Crippen molar-refractivity contribution in [1.82, 2.24) is 9.55 Å². The number of allylic oxidation sites excluding steroid dienone is 2. The minimum Gasteiger partial charge on any atom is -0.309 e. The van der Waals surface area contributed by atoms with Crippen LogP contribution >= 0.6 is 0 Å². The second-order valence-corrected chi connectivity index (χ2v) is 12.1. The number of carbonyl (C=O) groups is 1. The summed E-state index contributed by atoms with van der Waals surface area (Å²) in [7, 11) is 0. The normalized spacial score (nSPS) is 17.1. The number of aromatic nitrogens is 2. The molecule has 0 saturated heterocycles. The zero-order valence-electron chi connectivity index (χ0n) is 24.1. The fraction of sp³-hybridized carbons (Fsp3) is 0.368. The van der Waals surface area contributed by atoms with Crippen LogP contribution in [0.1, 0.15) is 91.4 Å². The molecule has 2 aliphatic carbocycles. The van der Waals surface area contributed by atoms with Gasteiger partial charge in [-0.1, -0.05) is 135 Å². The highest BCUT2D eigenvalue weighted by Gasteiger charge is 2.41. The van der Waals surface area contributed by atoms with Gasteiger partial charge in [0, 0.05) is 6.42 Å². The number of rotatable bonds is 12. The average Bonchev–Trinajstić information content (AvgIpc) is 3.77. The molecule has 2 saturated carbocycles. The Kier molecular flexibility index (Phi) is 8.60. The quantitative estimate of drug-likeness (QED) is 0.102. The highest BCUT2D eigenvalue weighted by atomic mass is 16.1. The third kappa shape index (κ3) is 6.00. The van der Waals surface area contributed by atoms with Crippen LogP contribution in [-0.4, -0.2) is 15.3 Å². The maximum atomic E-state index is 14.2. The van der Waals surface area contributed by atoms with Gasteiger partial charge in [0.2, 0.25) is 0 Å². The molecule has 6 rings (SSSR count). The molecule has 1 heterocycles. The molecule has 210 valence electrons. The molecule has 3 heteroatoms. The molecule has 41 heavy (non-hydrogen) atoms. The summed E-state index contributed by atoms with van der Waals surface area (Å²) in [6.07, 6.45) is 20.8. The molecule has 0 aliphatic heterocycles. The SMILES string of the molecule is O=C(C[C@@H](/C=C\CCC1CCCCC1)C1CC1)c1cncn1C(c1ccccc1)(c1ccccc1)c1ccccc1. The molecule has 4 aromatic rings. The number of hydrogen-bond acceptors (Lipinski definition) is 2. The smallest absolute Gasteiger partial charge is 0.181 e. The Bertz CT molecular complexity index is 1320. The Morgan fingerprint density at radius 1 is 0.805 bits per heavy atom. The van der Waals surface area contributed by atoms with Gasteiger partial charge in [-0.2, -0.15) is 0 Å². The fourth-order valence-corrected chi connectivity index (χ4v) is 7.04. The van der Waals surface area contributed by atoms with E-state index in [1.54, 1.807) is 6.20 Å². The highest BCUT2D eigenvalue weighted by Crippen LogP contribution is 2.43. The van der Waals surface area contributed by atoms with Crippen LogP contribution in [-0.2, 0) is 5.54 Å². The lowest BCUT2D eigenvalue weighted by Crippen LogP contribution is -2.39. The molecular weight excluding hydrogens is 500 g/mol.